The zero-order chi connectivity index (χ0) is 21.0. The number of anilines is 1. The molecule has 1 heterocycles. The van der Waals surface area contributed by atoms with E-state index in [0.717, 1.165) is 34.0 Å². The SMILES string of the molecule is COc1ccccc1-n1c(C)cc(/C=C(\C#N)C(=O)Nc2ccccc2C)c1C. The van der Waals surface area contributed by atoms with Gasteiger partial charge in [-0.05, 0) is 62.2 Å². The minimum Gasteiger partial charge on any atom is -0.495 e. The number of hydrogen-bond donors (Lipinski definition) is 1. The van der Waals surface area contributed by atoms with Gasteiger partial charge in [-0.1, -0.05) is 30.3 Å². The van der Waals surface area contributed by atoms with Gasteiger partial charge >= 0.3 is 0 Å². The lowest BCUT2D eigenvalue weighted by atomic mass is 10.1. The van der Waals surface area contributed by atoms with E-state index in [4.69, 9.17) is 4.74 Å². The molecule has 0 bridgehead atoms. The van der Waals surface area contributed by atoms with Crippen molar-refractivity contribution in [3.8, 4) is 17.5 Å². The Morgan fingerprint density at radius 1 is 1.10 bits per heavy atom. The van der Waals surface area contributed by atoms with Gasteiger partial charge in [-0.25, -0.2) is 0 Å². The number of para-hydroxylation sites is 3. The zero-order valence-electron chi connectivity index (χ0n) is 17.0. The fourth-order valence-corrected chi connectivity index (χ4v) is 3.33. The van der Waals surface area contributed by atoms with Crippen molar-refractivity contribution in [2.75, 3.05) is 12.4 Å². The maximum Gasteiger partial charge on any atom is 0.266 e. The summed E-state index contributed by atoms with van der Waals surface area (Å²) in [4.78, 5) is 12.6. The predicted molar refractivity (Wildman–Crippen MR) is 115 cm³/mol. The molecule has 0 fully saturated rings. The van der Waals surface area contributed by atoms with Crippen LogP contribution in [0, 0.1) is 32.1 Å². The Balaban J connectivity index is 1.98. The molecule has 1 N–H and O–H groups in total. The third-order valence-corrected chi connectivity index (χ3v) is 4.85. The lowest BCUT2D eigenvalue weighted by molar-refractivity contribution is -0.112. The predicted octanol–water partition coefficient (Wildman–Crippen LogP) is 4.96. The van der Waals surface area contributed by atoms with Gasteiger partial charge < -0.3 is 14.6 Å². The number of aryl methyl sites for hydroxylation is 2. The Morgan fingerprint density at radius 2 is 1.79 bits per heavy atom. The van der Waals surface area contributed by atoms with Crippen LogP contribution in [-0.2, 0) is 4.79 Å². The normalized spacial score (nSPS) is 11.1. The van der Waals surface area contributed by atoms with Crippen LogP contribution in [0.1, 0.15) is 22.5 Å². The van der Waals surface area contributed by atoms with Crippen LogP contribution >= 0.6 is 0 Å². The van der Waals surface area contributed by atoms with Gasteiger partial charge in [-0.3, -0.25) is 4.79 Å². The topological polar surface area (TPSA) is 67.0 Å². The maximum absolute atomic E-state index is 12.6. The number of methoxy groups -OCH3 is 1. The average Bonchev–Trinajstić information content (AvgIpc) is 3.00. The summed E-state index contributed by atoms with van der Waals surface area (Å²) in [6, 6.07) is 19.2. The second-order valence-corrected chi connectivity index (χ2v) is 6.77. The van der Waals surface area contributed by atoms with Crippen molar-refractivity contribution >= 4 is 17.7 Å². The van der Waals surface area contributed by atoms with Gasteiger partial charge in [0.1, 0.15) is 17.4 Å². The number of carbonyl (C=O) groups is 1. The van der Waals surface area contributed by atoms with E-state index in [9.17, 15) is 10.1 Å². The van der Waals surface area contributed by atoms with Crippen molar-refractivity contribution in [2.45, 2.75) is 20.8 Å². The maximum atomic E-state index is 12.6. The van der Waals surface area contributed by atoms with Gasteiger partial charge in [0.15, 0.2) is 0 Å². The monoisotopic (exact) mass is 385 g/mol. The summed E-state index contributed by atoms with van der Waals surface area (Å²) in [5, 5.41) is 12.4. The van der Waals surface area contributed by atoms with Crippen molar-refractivity contribution in [1.82, 2.24) is 4.57 Å². The first-order valence-corrected chi connectivity index (χ1v) is 9.27. The van der Waals surface area contributed by atoms with E-state index in [1.807, 2.05) is 81.4 Å². The Labute approximate surface area is 170 Å². The molecule has 3 rings (SSSR count). The number of benzene rings is 2. The highest BCUT2D eigenvalue weighted by atomic mass is 16.5. The molecule has 0 radical (unpaired) electrons. The number of hydrogen-bond acceptors (Lipinski definition) is 3. The highest BCUT2D eigenvalue weighted by molar-refractivity contribution is 6.10. The Bertz CT molecular complexity index is 1130. The van der Waals surface area contributed by atoms with Gasteiger partial charge in [-0.2, -0.15) is 5.26 Å². The third-order valence-electron chi connectivity index (χ3n) is 4.85. The number of amides is 1. The molecular formula is C24H23N3O2. The average molecular weight is 385 g/mol. The lowest BCUT2D eigenvalue weighted by Crippen LogP contribution is -2.14. The van der Waals surface area contributed by atoms with Crippen LogP contribution in [0.25, 0.3) is 11.8 Å². The number of nitriles is 1. The first kappa shape index (κ1) is 20.0. The van der Waals surface area contributed by atoms with Gasteiger partial charge in [0.05, 0.1) is 12.8 Å². The van der Waals surface area contributed by atoms with Crippen molar-refractivity contribution < 1.29 is 9.53 Å². The molecule has 0 saturated heterocycles. The second kappa shape index (κ2) is 8.49. The number of ether oxygens (including phenoxy) is 1. The minimum atomic E-state index is -0.427. The lowest BCUT2D eigenvalue weighted by Gasteiger charge is -2.13. The Hall–Kier alpha value is -3.78. The molecule has 5 nitrogen and oxygen atoms in total. The van der Waals surface area contributed by atoms with Gasteiger partial charge in [0.2, 0.25) is 0 Å². The molecule has 0 unspecified atom stereocenters. The van der Waals surface area contributed by atoms with Crippen LogP contribution in [0.4, 0.5) is 5.69 Å². The first-order chi connectivity index (χ1) is 14.0. The molecule has 0 aliphatic carbocycles. The standard InChI is InChI=1S/C24H23N3O2/c1-16-9-5-6-10-21(16)26-24(28)20(15-25)14-19-13-17(2)27(18(19)3)22-11-7-8-12-23(22)29-4/h5-14H,1-4H3,(H,26,28)/b20-14+. The molecule has 0 aliphatic rings. The quantitative estimate of drug-likeness (QED) is 0.499. The van der Waals surface area contributed by atoms with Gasteiger partial charge in [0.25, 0.3) is 5.91 Å². The molecule has 3 aromatic rings. The molecule has 1 amide bonds. The van der Waals surface area contributed by atoms with E-state index in [2.05, 4.69) is 9.88 Å². The van der Waals surface area contributed by atoms with E-state index in [1.165, 1.54) is 0 Å². The minimum absolute atomic E-state index is 0.0496. The summed E-state index contributed by atoms with van der Waals surface area (Å²) in [6.45, 7) is 5.85. The summed E-state index contributed by atoms with van der Waals surface area (Å²) >= 11 is 0. The summed E-state index contributed by atoms with van der Waals surface area (Å²) in [5.74, 6) is 0.325. The van der Waals surface area contributed by atoms with Crippen LogP contribution in [0.2, 0.25) is 0 Å². The molecular weight excluding hydrogens is 362 g/mol. The second-order valence-electron chi connectivity index (χ2n) is 6.77. The highest BCUT2D eigenvalue weighted by Gasteiger charge is 2.16. The Kier molecular flexibility index (Phi) is 5.85. The largest absolute Gasteiger partial charge is 0.495 e. The van der Waals surface area contributed by atoms with Gasteiger partial charge in [0, 0.05) is 17.1 Å². The summed E-state index contributed by atoms with van der Waals surface area (Å²) in [6.07, 6.45) is 1.63. The molecule has 0 saturated carbocycles. The number of rotatable bonds is 5. The molecule has 1 aromatic heterocycles. The number of aromatic nitrogens is 1. The van der Waals surface area contributed by atoms with Crippen molar-refractivity contribution in [3.63, 3.8) is 0 Å². The van der Waals surface area contributed by atoms with Crippen molar-refractivity contribution in [3.05, 3.63) is 82.7 Å². The van der Waals surface area contributed by atoms with E-state index < -0.39 is 5.91 Å². The summed E-state index contributed by atoms with van der Waals surface area (Å²) < 4.78 is 7.54. The van der Waals surface area contributed by atoms with E-state index in [-0.39, 0.29) is 5.57 Å². The van der Waals surface area contributed by atoms with E-state index in [1.54, 1.807) is 13.2 Å². The van der Waals surface area contributed by atoms with Crippen LogP contribution in [-0.4, -0.2) is 17.6 Å². The van der Waals surface area contributed by atoms with E-state index >= 15 is 0 Å². The number of carbonyl (C=O) groups excluding carboxylic acids is 1. The summed E-state index contributed by atoms with van der Waals surface area (Å²) in [7, 11) is 1.64. The van der Waals surface area contributed by atoms with Crippen LogP contribution < -0.4 is 10.1 Å². The first-order valence-electron chi connectivity index (χ1n) is 9.27. The van der Waals surface area contributed by atoms with Crippen molar-refractivity contribution in [2.24, 2.45) is 0 Å². The fourth-order valence-electron chi connectivity index (χ4n) is 3.33. The molecule has 29 heavy (non-hydrogen) atoms. The highest BCUT2D eigenvalue weighted by Crippen LogP contribution is 2.29. The van der Waals surface area contributed by atoms with Crippen LogP contribution in [0.3, 0.4) is 0 Å². The summed E-state index contributed by atoms with van der Waals surface area (Å²) in [5.41, 5.74) is 5.30. The van der Waals surface area contributed by atoms with Crippen molar-refractivity contribution in [1.29, 1.82) is 5.26 Å². The number of nitrogens with one attached hydrogen (secondary N) is 1. The third kappa shape index (κ3) is 4.07. The number of nitrogens with zero attached hydrogens (tertiary/aromatic N) is 2. The Morgan fingerprint density at radius 3 is 2.48 bits per heavy atom. The molecule has 0 aliphatic heterocycles. The molecule has 2 aromatic carbocycles. The van der Waals surface area contributed by atoms with Crippen LogP contribution in [0.5, 0.6) is 5.75 Å². The molecule has 5 heteroatoms. The molecule has 146 valence electrons. The molecule has 0 atom stereocenters. The zero-order valence-corrected chi connectivity index (χ0v) is 17.0. The fraction of sp³-hybridized carbons (Fsp3) is 0.167. The smallest absolute Gasteiger partial charge is 0.266 e. The molecule has 0 spiro atoms. The van der Waals surface area contributed by atoms with Gasteiger partial charge in [-0.15, -0.1) is 0 Å². The van der Waals surface area contributed by atoms with E-state index in [0.29, 0.717) is 5.69 Å². The van der Waals surface area contributed by atoms with Crippen LogP contribution in [0.15, 0.2) is 60.2 Å².